The van der Waals surface area contributed by atoms with Gasteiger partial charge in [-0.3, -0.25) is 4.98 Å². The molecule has 1 aliphatic carbocycles. The third kappa shape index (κ3) is 1.03. The lowest BCUT2D eigenvalue weighted by molar-refractivity contribution is 0.413. The summed E-state index contributed by atoms with van der Waals surface area (Å²) in [5, 5.41) is 0. The van der Waals surface area contributed by atoms with Gasteiger partial charge < -0.3 is 4.98 Å². The molecule has 2 aromatic rings. The Morgan fingerprint density at radius 3 is 2.77 bits per heavy atom. The van der Waals surface area contributed by atoms with E-state index in [1.165, 1.54) is 25.0 Å². The van der Waals surface area contributed by atoms with Crippen LogP contribution in [0.25, 0.3) is 11.2 Å². The van der Waals surface area contributed by atoms with Gasteiger partial charge in [-0.15, -0.1) is 0 Å². The lowest BCUT2D eigenvalue weighted by atomic mass is 9.83. The summed E-state index contributed by atoms with van der Waals surface area (Å²) in [6, 6.07) is 2.13. The topological polar surface area (TPSA) is 41.6 Å². The standard InChI is InChI=1S/C10H11N3/c1-2-7(3-1)8-6-9-10(13-8)12-5-4-11-9/h4-7H,1-3H2,(H,12,13). The maximum absolute atomic E-state index is 4.25. The van der Waals surface area contributed by atoms with E-state index < -0.39 is 0 Å². The van der Waals surface area contributed by atoms with E-state index in [-0.39, 0.29) is 0 Å². The van der Waals surface area contributed by atoms with Crippen LogP contribution in [0.1, 0.15) is 30.9 Å². The lowest BCUT2D eigenvalue weighted by Gasteiger charge is -2.23. The highest BCUT2D eigenvalue weighted by Crippen LogP contribution is 2.36. The van der Waals surface area contributed by atoms with Crippen molar-refractivity contribution in [3.63, 3.8) is 0 Å². The molecule has 0 atom stereocenters. The number of rotatable bonds is 1. The Bertz CT molecular complexity index is 395. The van der Waals surface area contributed by atoms with Crippen LogP contribution >= 0.6 is 0 Å². The van der Waals surface area contributed by atoms with Crippen molar-refractivity contribution in [2.45, 2.75) is 25.2 Å². The van der Waals surface area contributed by atoms with Crippen LogP contribution in [-0.2, 0) is 0 Å². The molecule has 1 N–H and O–H groups in total. The Hall–Kier alpha value is -1.38. The number of fused-ring (bicyclic) bond motifs is 1. The molecule has 0 saturated heterocycles. The molecule has 1 aliphatic rings. The number of H-pyrrole nitrogens is 1. The van der Waals surface area contributed by atoms with Gasteiger partial charge in [-0.1, -0.05) is 6.42 Å². The average molecular weight is 173 g/mol. The third-order valence-corrected chi connectivity index (χ3v) is 2.83. The van der Waals surface area contributed by atoms with Gasteiger partial charge in [0.1, 0.15) is 5.52 Å². The van der Waals surface area contributed by atoms with Crippen LogP contribution in [0.3, 0.4) is 0 Å². The molecule has 0 amide bonds. The second-order valence-corrected chi connectivity index (χ2v) is 3.64. The van der Waals surface area contributed by atoms with Crippen LogP contribution in [0.5, 0.6) is 0 Å². The molecular formula is C10H11N3. The molecule has 0 bridgehead atoms. The fraction of sp³-hybridized carbons (Fsp3) is 0.400. The largest absolute Gasteiger partial charge is 0.342 e. The van der Waals surface area contributed by atoms with E-state index in [1.807, 2.05) is 0 Å². The van der Waals surface area contributed by atoms with Gasteiger partial charge in [-0.05, 0) is 24.8 Å². The molecule has 3 nitrogen and oxygen atoms in total. The minimum absolute atomic E-state index is 0.732. The predicted octanol–water partition coefficient (Wildman–Crippen LogP) is 2.23. The van der Waals surface area contributed by atoms with Crippen molar-refractivity contribution in [3.8, 4) is 0 Å². The van der Waals surface area contributed by atoms with Gasteiger partial charge in [0.15, 0.2) is 5.65 Å². The van der Waals surface area contributed by atoms with Gasteiger partial charge in [-0.25, -0.2) is 4.98 Å². The molecule has 1 saturated carbocycles. The van der Waals surface area contributed by atoms with Crippen LogP contribution < -0.4 is 0 Å². The van der Waals surface area contributed by atoms with E-state index in [9.17, 15) is 0 Å². The van der Waals surface area contributed by atoms with Crippen molar-refractivity contribution in [1.82, 2.24) is 15.0 Å². The van der Waals surface area contributed by atoms with Gasteiger partial charge in [0.05, 0.1) is 0 Å². The highest BCUT2D eigenvalue weighted by Gasteiger charge is 2.21. The zero-order valence-electron chi connectivity index (χ0n) is 7.33. The van der Waals surface area contributed by atoms with Crippen molar-refractivity contribution < 1.29 is 0 Å². The highest BCUT2D eigenvalue weighted by atomic mass is 14.9. The van der Waals surface area contributed by atoms with Crippen molar-refractivity contribution in [1.29, 1.82) is 0 Å². The quantitative estimate of drug-likeness (QED) is 0.718. The first kappa shape index (κ1) is 7.06. The Labute approximate surface area is 76.2 Å². The van der Waals surface area contributed by atoms with Crippen LogP contribution in [-0.4, -0.2) is 15.0 Å². The van der Waals surface area contributed by atoms with Crippen LogP contribution in [0.15, 0.2) is 18.5 Å². The van der Waals surface area contributed by atoms with Gasteiger partial charge in [0.2, 0.25) is 0 Å². The first-order chi connectivity index (χ1) is 6.43. The highest BCUT2D eigenvalue weighted by molar-refractivity contribution is 5.71. The summed E-state index contributed by atoms with van der Waals surface area (Å²) in [7, 11) is 0. The van der Waals surface area contributed by atoms with Crippen molar-refractivity contribution in [2.24, 2.45) is 0 Å². The second-order valence-electron chi connectivity index (χ2n) is 3.64. The van der Waals surface area contributed by atoms with Gasteiger partial charge >= 0.3 is 0 Å². The number of hydrogen-bond acceptors (Lipinski definition) is 2. The molecule has 1 fully saturated rings. The number of nitrogens with one attached hydrogen (secondary N) is 1. The van der Waals surface area contributed by atoms with Crippen molar-refractivity contribution >= 4 is 11.2 Å². The molecule has 3 rings (SSSR count). The molecule has 2 aromatic heterocycles. The normalized spacial score (nSPS) is 17.5. The predicted molar refractivity (Wildman–Crippen MR) is 50.5 cm³/mol. The number of aromatic amines is 1. The van der Waals surface area contributed by atoms with Crippen LogP contribution in [0, 0.1) is 0 Å². The monoisotopic (exact) mass is 173 g/mol. The van der Waals surface area contributed by atoms with Crippen LogP contribution in [0.4, 0.5) is 0 Å². The average Bonchev–Trinajstić information content (AvgIpc) is 2.43. The summed E-state index contributed by atoms with van der Waals surface area (Å²) in [6.45, 7) is 0. The maximum atomic E-state index is 4.25. The van der Waals surface area contributed by atoms with E-state index >= 15 is 0 Å². The number of hydrogen-bond donors (Lipinski definition) is 1. The molecule has 0 unspecified atom stereocenters. The summed E-state index contributed by atoms with van der Waals surface area (Å²) >= 11 is 0. The van der Waals surface area contributed by atoms with Crippen molar-refractivity contribution in [2.75, 3.05) is 0 Å². The molecule has 0 radical (unpaired) electrons. The Balaban J connectivity index is 2.10. The van der Waals surface area contributed by atoms with E-state index in [0.717, 1.165) is 17.1 Å². The van der Waals surface area contributed by atoms with E-state index in [0.29, 0.717) is 0 Å². The van der Waals surface area contributed by atoms with E-state index in [4.69, 9.17) is 0 Å². The molecule has 0 spiro atoms. The molecule has 0 aliphatic heterocycles. The first-order valence-electron chi connectivity index (χ1n) is 4.73. The van der Waals surface area contributed by atoms with Gasteiger partial charge in [0, 0.05) is 18.1 Å². The number of aromatic nitrogens is 3. The zero-order chi connectivity index (χ0) is 8.67. The van der Waals surface area contributed by atoms with E-state index in [2.05, 4.69) is 21.0 Å². The molecule has 2 heterocycles. The number of nitrogens with zero attached hydrogens (tertiary/aromatic N) is 2. The Morgan fingerprint density at radius 2 is 2.08 bits per heavy atom. The summed E-state index contributed by atoms with van der Waals surface area (Å²) in [4.78, 5) is 11.8. The lowest BCUT2D eigenvalue weighted by Crippen LogP contribution is -2.08. The molecule has 0 aromatic carbocycles. The van der Waals surface area contributed by atoms with Gasteiger partial charge in [0.25, 0.3) is 0 Å². The summed E-state index contributed by atoms with van der Waals surface area (Å²) in [5.41, 5.74) is 3.22. The smallest absolute Gasteiger partial charge is 0.156 e. The SMILES string of the molecule is c1cnc2[nH]c(C3CCC3)cc2n1. The molecular weight excluding hydrogens is 162 g/mol. The fourth-order valence-corrected chi connectivity index (χ4v) is 1.81. The third-order valence-electron chi connectivity index (χ3n) is 2.83. The Morgan fingerprint density at radius 1 is 1.23 bits per heavy atom. The minimum Gasteiger partial charge on any atom is -0.342 e. The zero-order valence-corrected chi connectivity index (χ0v) is 7.33. The summed E-state index contributed by atoms with van der Waals surface area (Å²) < 4.78 is 0. The molecule has 13 heavy (non-hydrogen) atoms. The fourth-order valence-electron chi connectivity index (χ4n) is 1.81. The van der Waals surface area contributed by atoms with Crippen molar-refractivity contribution in [3.05, 3.63) is 24.2 Å². The van der Waals surface area contributed by atoms with E-state index in [1.54, 1.807) is 12.4 Å². The summed E-state index contributed by atoms with van der Waals surface area (Å²) in [5.74, 6) is 0.732. The first-order valence-corrected chi connectivity index (χ1v) is 4.73. The van der Waals surface area contributed by atoms with Gasteiger partial charge in [-0.2, -0.15) is 0 Å². The Kier molecular flexibility index (Phi) is 1.39. The molecule has 3 heteroatoms. The maximum Gasteiger partial charge on any atom is 0.156 e. The van der Waals surface area contributed by atoms with Crippen LogP contribution in [0.2, 0.25) is 0 Å². The molecule has 66 valence electrons. The minimum atomic E-state index is 0.732. The summed E-state index contributed by atoms with van der Waals surface area (Å²) in [6.07, 6.45) is 7.45. The second kappa shape index (κ2) is 2.55.